The molecule has 7 heteroatoms. The summed E-state index contributed by atoms with van der Waals surface area (Å²) in [4.78, 5) is 15.7. The first-order valence-electron chi connectivity index (χ1n) is 6.03. The first kappa shape index (κ1) is 13.4. The van der Waals surface area contributed by atoms with Crippen molar-refractivity contribution in [2.24, 2.45) is 4.99 Å². The Kier molecular flexibility index (Phi) is 3.23. The number of carbonyl (C=O) groups is 1. The van der Waals surface area contributed by atoms with Crippen molar-refractivity contribution in [1.29, 1.82) is 0 Å². The maximum Gasteiger partial charge on any atom is 0.259 e. The molecule has 0 spiro atoms. The normalized spacial score (nSPS) is 17.0. The highest BCUT2D eigenvalue weighted by Gasteiger charge is 2.19. The summed E-state index contributed by atoms with van der Waals surface area (Å²) in [6, 6.07) is 5.47. The zero-order valence-electron chi connectivity index (χ0n) is 10.9. The van der Waals surface area contributed by atoms with E-state index in [0.717, 1.165) is 6.08 Å². The van der Waals surface area contributed by atoms with E-state index >= 15 is 0 Å². The van der Waals surface area contributed by atoms with E-state index in [4.69, 9.17) is 16.3 Å². The highest BCUT2D eigenvalue weighted by atomic mass is 35.5. The third-order valence-corrected chi connectivity index (χ3v) is 3.23. The molecule has 1 aliphatic carbocycles. The summed E-state index contributed by atoms with van der Waals surface area (Å²) >= 11 is 5.78. The number of fused-ring (bicyclic) bond motifs is 1. The molecule has 0 saturated carbocycles. The van der Waals surface area contributed by atoms with E-state index in [2.05, 4.69) is 10.1 Å². The number of aliphatic hydroxyl groups is 1. The number of ketones is 1. The fourth-order valence-electron chi connectivity index (χ4n) is 1.95. The van der Waals surface area contributed by atoms with Gasteiger partial charge < -0.3 is 9.84 Å². The standard InChI is InChI=1S/C14H10ClN3O3/c1-21-14-13(10-4-2-3-5-18(10)17-14)16-9-6-8(15)11(19)7-12(9)20/h2-7,20H,1H3/b16-9+. The number of aromatic nitrogens is 2. The molecule has 0 fully saturated rings. The number of methoxy groups -OCH3 is 1. The largest absolute Gasteiger partial charge is 0.506 e. The van der Waals surface area contributed by atoms with Crippen LogP contribution < -0.4 is 4.74 Å². The van der Waals surface area contributed by atoms with Crippen LogP contribution in [0.2, 0.25) is 0 Å². The van der Waals surface area contributed by atoms with Crippen LogP contribution in [0, 0.1) is 0 Å². The monoisotopic (exact) mass is 303 g/mol. The minimum absolute atomic E-state index is 0.0120. The summed E-state index contributed by atoms with van der Waals surface area (Å²) in [5, 5.41) is 14.0. The van der Waals surface area contributed by atoms with Crippen molar-refractivity contribution in [1.82, 2.24) is 9.61 Å². The molecule has 3 rings (SSSR count). The third kappa shape index (κ3) is 2.30. The zero-order valence-corrected chi connectivity index (χ0v) is 11.7. The average Bonchev–Trinajstić information content (AvgIpc) is 2.83. The molecule has 0 saturated heterocycles. The molecule has 1 N–H and O–H groups in total. The van der Waals surface area contributed by atoms with Gasteiger partial charge in [0.2, 0.25) is 5.78 Å². The van der Waals surface area contributed by atoms with E-state index in [-0.39, 0.29) is 16.5 Å². The third-order valence-electron chi connectivity index (χ3n) is 2.94. The Hall–Kier alpha value is -2.60. The molecule has 0 radical (unpaired) electrons. The van der Waals surface area contributed by atoms with Crippen LogP contribution in [0.3, 0.4) is 0 Å². The Bertz CT molecular complexity index is 833. The molecule has 0 unspecified atom stereocenters. The molecular weight excluding hydrogens is 294 g/mol. The number of hydrogen-bond acceptors (Lipinski definition) is 5. The fourth-order valence-corrected chi connectivity index (χ4v) is 2.11. The molecule has 0 amide bonds. The summed E-state index contributed by atoms with van der Waals surface area (Å²) in [7, 11) is 1.48. The van der Waals surface area contributed by atoms with Crippen LogP contribution in [-0.4, -0.2) is 33.3 Å². The Morgan fingerprint density at radius 2 is 2.19 bits per heavy atom. The van der Waals surface area contributed by atoms with Gasteiger partial charge in [0, 0.05) is 12.3 Å². The average molecular weight is 304 g/mol. The number of nitrogens with zero attached hydrogens (tertiary/aromatic N) is 3. The van der Waals surface area contributed by atoms with Crippen LogP contribution in [0.4, 0.5) is 5.69 Å². The van der Waals surface area contributed by atoms with Crippen molar-refractivity contribution in [2.45, 2.75) is 0 Å². The topological polar surface area (TPSA) is 76.2 Å². The van der Waals surface area contributed by atoms with Gasteiger partial charge >= 0.3 is 0 Å². The summed E-state index contributed by atoms with van der Waals surface area (Å²) in [5.74, 6) is -0.399. The van der Waals surface area contributed by atoms with Crippen molar-refractivity contribution in [2.75, 3.05) is 7.11 Å². The molecule has 1 aliphatic rings. The van der Waals surface area contributed by atoms with Gasteiger partial charge in [0.1, 0.15) is 11.5 Å². The summed E-state index contributed by atoms with van der Waals surface area (Å²) in [6.07, 6.45) is 4.09. The van der Waals surface area contributed by atoms with E-state index in [1.807, 2.05) is 18.2 Å². The number of aliphatic imine (C=N–C) groups is 1. The van der Waals surface area contributed by atoms with Gasteiger partial charge in [-0.1, -0.05) is 17.7 Å². The van der Waals surface area contributed by atoms with Crippen molar-refractivity contribution in [3.63, 3.8) is 0 Å². The maximum atomic E-state index is 11.4. The zero-order chi connectivity index (χ0) is 15.0. The molecule has 106 valence electrons. The van der Waals surface area contributed by atoms with Crippen molar-refractivity contribution >= 4 is 34.3 Å². The van der Waals surface area contributed by atoms with Crippen molar-refractivity contribution in [3.05, 3.63) is 47.3 Å². The second kappa shape index (κ2) is 5.06. The number of pyridine rings is 1. The molecule has 0 bridgehead atoms. The predicted molar refractivity (Wildman–Crippen MR) is 78.5 cm³/mol. The SMILES string of the molecule is COc1nn2ccccc2c1/N=C1\C=C(Cl)C(=O)C=C1O. The van der Waals surface area contributed by atoms with Crippen LogP contribution >= 0.6 is 11.6 Å². The fraction of sp³-hybridized carbons (Fsp3) is 0.0714. The number of aliphatic hydroxyl groups excluding tert-OH is 1. The molecule has 0 atom stereocenters. The Morgan fingerprint density at radius 1 is 1.38 bits per heavy atom. The number of allylic oxidation sites excluding steroid dienone is 3. The summed E-state index contributed by atoms with van der Waals surface area (Å²) in [5.41, 5.74) is 1.33. The second-order valence-corrected chi connectivity index (χ2v) is 4.68. The van der Waals surface area contributed by atoms with Crippen LogP contribution in [0.15, 0.2) is 52.3 Å². The van der Waals surface area contributed by atoms with Crippen molar-refractivity contribution < 1.29 is 14.6 Å². The van der Waals surface area contributed by atoms with E-state index in [9.17, 15) is 9.90 Å². The van der Waals surface area contributed by atoms with Crippen LogP contribution in [-0.2, 0) is 4.79 Å². The maximum absolute atomic E-state index is 11.4. The quantitative estimate of drug-likeness (QED) is 0.865. The van der Waals surface area contributed by atoms with E-state index < -0.39 is 5.78 Å². The van der Waals surface area contributed by atoms with Gasteiger partial charge in [-0.3, -0.25) is 4.79 Å². The number of ether oxygens (including phenoxy) is 1. The van der Waals surface area contributed by atoms with Gasteiger partial charge in [-0.2, -0.15) is 0 Å². The number of halogens is 1. The van der Waals surface area contributed by atoms with Gasteiger partial charge in [-0.15, -0.1) is 5.10 Å². The Morgan fingerprint density at radius 3 is 2.95 bits per heavy atom. The molecule has 0 aliphatic heterocycles. The van der Waals surface area contributed by atoms with Gasteiger partial charge in [-0.05, 0) is 18.2 Å². The van der Waals surface area contributed by atoms with E-state index in [0.29, 0.717) is 17.1 Å². The number of carbonyl (C=O) groups excluding carboxylic acids is 1. The summed E-state index contributed by atoms with van der Waals surface area (Å²) in [6.45, 7) is 0. The van der Waals surface area contributed by atoms with Gasteiger partial charge in [0.05, 0.1) is 17.7 Å². The Labute approximate surface area is 124 Å². The lowest BCUT2D eigenvalue weighted by Gasteiger charge is -2.06. The lowest BCUT2D eigenvalue weighted by molar-refractivity contribution is -0.110. The first-order valence-corrected chi connectivity index (χ1v) is 6.40. The summed E-state index contributed by atoms with van der Waals surface area (Å²) < 4.78 is 6.80. The van der Waals surface area contributed by atoms with Crippen molar-refractivity contribution in [3.8, 4) is 5.88 Å². The van der Waals surface area contributed by atoms with E-state index in [1.165, 1.54) is 13.2 Å². The van der Waals surface area contributed by atoms with Crippen LogP contribution in [0.1, 0.15) is 0 Å². The number of rotatable bonds is 2. The molecule has 2 heterocycles. The van der Waals surface area contributed by atoms with Crippen LogP contribution in [0.5, 0.6) is 5.88 Å². The molecule has 6 nitrogen and oxygen atoms in total. The molecular formula is C14H10ClN3O3. The lowest BCUT2D eigenvalue weighted by atomic mass is 10.1. The van der Waals surface area contributed by atoms with Crippen LogP contribution in [0.25, 0.3) is 5.52 Å². The number of hydrogen-bond donors (Lipinski definition) is 1. The Balaban J connectivity index is 2.19. The second-order valence-electron chi connectivity index (χ2n) is 4.27. The molecule has 21 heavy (non-hydrogen) atoms. The lowest BCUT2D eigenvalue weighted by Crippen LogP contribution is -2.10. The van der Waals surface area contributed by atoms with E-state index in [1.54, 1.807) is 10.7 Å². The molecule has 2 aromatic rings. The molecule has 2 aromatic heterocycles. The minimum atomic E-state index is -0.458. The smallest absolute Gasteiger partial charge is 0.259 e. The van der Waals surface area contributed by atoms with Gasteiger partial charge in [-0.25, -0.2) is 9.51 Å². The highest BCUT2D eigenvalue weighted by molar-refractivity contribution is 6.47. The first-order chi connectivity index (χ1) is 10.1. The van der Waals surface area contributed by atoms with Gasteiger partial charge in [0.25, 0.3) is 5.88 Å². The van der Waals surface area contributed by atoms with Gasteiger partial charge in [0.15, 0.2) is 5.69 Å². The molecule has 0 aromatic carbocycles. The predicted octanol–water partition coefficient (Wildman–Crippen LogP) is 2.56. The minimum Gasteiger partial charge on any atom is -0.506 e. The highest BCUT2D eigenvalue weighted by Crippen LogP contribution is 2.32.